The summed E-state index contributed by atoms with van der Waals surface area (Å²) in [5.41, 5.74) is 4.32. The Bertz CT molecular complexity index is 995. The second kappa shape index (κ2) is 8.97. The Morgan fingerprint density at radius 1 is 0.966 bits per heavy atom. The van der Waals surface area contributed by atoms with E-state index in [1.54, 1.807) is 31.2 Å². The zero-order valence-electron chi connectivity index (χ0n) is 16.5. The van der Waals surface area contributed by atoms with Gasteiger partial charge in [0.15, 0.2) is 0 Å². The molecule has 2 aromatic carbocycles. The van der Waals surface area contributed by atoms with Crippen LogP contribution in [0.15, 0.2) is 54.9 Å². The molecule has 1 heterocycles. The van der Waals surface area contributed by atoms with Crippen molar-refractivity contribution in [1.29, 1.82) is 0 Å². The summed E-state index contributed by atoms with van der Waals surface area (Å²) >= 11 is 0. The van der Waals surface area contributed by atoms with E-state index in [-0.39, 0.29) is 11.6 Å². The molecule has 0 spiro atoms. The van der Waals surface area contributed by atoms with E-state index in [1.165, 1.54) is 12.4 Å². The summed E-state index contributed by atoms with van der Waals surface area (Å²) in [6.45, 7) is 6.08. The van der Waals surface area contributed by atoms with Gasteiger partial charge in [0.25, 0.3) is 5.91 Å². The SMILES string of the molecule is CCOC(=O)c1ccc(NC(=O)c2cnc(Nc3c(C)cccc3C)cn2)cc1. The molecule has 1 amide bonds. The van der Waals surface area contributed by atoms with Crippen molar-refractivity contribution < 1.29 is 14.3 Å². The van der Waals surface area contributed by atoms with Crippen LogP contribution < -0.4 is 10.6 Å². The number of anilines is 3. The van der Waals surface area contributed by atoms with E-state index in [9.17, 15) is 9.59 Å². The number of aromatic nitrogens is 2. The molecule has 3 rings (SSSR count). The highest BCUT2D eigenvalue weighted by Gasteiger charge is 2.11. The molecule has 2 N–H and O–H groups in total. The van der Waals surface area contributed by atoms with Gasteiger partial charge in [0.2, 0.25) is 0 Å². The Morgan fingerprint density at radius 3 is 2.24 bits per heavy atom. The highest BCUT2D eigenvalue weighted by molar-refractivity contribution is 6.03. The fraction of sp³-hybridized carbons (Fsp3) is 0.182. The summed E-state index contributed by atoms with van der Waals surface area (Å²) < 4.78 is 4.94. The Kier molecular flexibility index (Phi) is 6.19. The first-order valence-electron chi connectivity index (χ1n) is 9.21. The fourth-order valence-electron chi connectivity index (χ4n) is 2.75. The molecule has 0 bridgehead atoms. The molecule has 0 aliphatic rings. The standard InChI is InChI=1S/C22H22N4O3/c1-4-29-22(28)16-8-10-17(11-9-16)25-21(27)18-12-24-19(13-23-18)26-20-14(2)6-5-7-15(20)3/h5-13H,4H2,1-3H3,(H,24,26)(H,25,27). The van der Waals surface area contributed by atoms with Gasteiger partial charge < -0.3 is 15.4 Å². The van der Waals surface area contributed by atoms with E-state index in [0.717, 1.165) is 16.8 Å². The normalized spacial score (nSPS) is 10.3. The second-order valence-corrected chi connectivity index (χ2v) is 6.43. The van der Waals surface area contributed by atoms with Crippen molar-refractivity contribution in [2.45, 2.75) is 20.8 Å². The lowest BCUT2D eigenvalue weighted by atomic mass is 10.1. The van der Waals surface area contributed by atoms with Crippen LogP contribution in [0.5, 0.6) is 0 Å². The van der Waals surface area contributed by atoms with Crippen LogP contribution in [0.4, 0.5) is 17.2 Å². The van der Waals surface area contributed by atoms with Crippen molar-refractivity contribution in [1.82, 2.24) is 9.97 Å². The summed E-state index contributed by atoms with van der Waals surface area (Å²) in [5.74, 6) is -0.235. The van der Waals surface area contributed by atoms with Gasteiger partial charge in [0.1, 0.15) is 11.5 Å². The van der Waals surface area contributed by atoms with Gasteiger partial charge in [0.05, 0.1) is 24.6 Å². The average molecular weight is 390 g/mol. The Balaban J connectivity index is 1.65. The minimum atomic E-state index is -0.400. The summed E-state index contributed by atoms with van der Waals surface area (Å²) in [6, 6.07) is 12.5. The number of carbonyl (C=O) groups is 2. The highest BCUT2D eigenvalue weighted by Crippen LogP contribution is 2.22. The number of nitrogens with zero attached hydrogens (tertiary/aromatic N) is 2. The second-order valence-electron chi connectivity index (χ2n) is 6.43. The van der Waals surface area contributed by atoms with Crippen LogP contribution >= 0.6 is 0 Å². The monoisotopic (exact) mass is 390 g/mol. The minimum Gasteiger partial charge on any atom is -0.462 e. The number of rotatable bonds is 6. The number of amides is 1. The summed E-state index contributed by atoms with van der Waals surface area (Å²) in [5, 5.41) is 5.96. The first-order chi connectivity index (χ1) is 14.0. The summed E-state index contributed by atoms with van der Waals surface area (Å²) in [4.78, 5) is 32.5. The number of aryl methyl sites for hydroxylation is 2. The van der Waals surface area contributed by atoms with Crippen LogP contribution in [-0.2, 0) is 4.74 Å². The van der Waals surface area contributed by atoms with Gasteiger partial charge in [-0.2, -0.15) is 0 Å². The molecule has 0 radical (unpaired) electrons. The molecule has 7 heteroatoms. The number of ether oxygens (including phenoxy) is 1. The Labute approximate surface area is 169 Å². The Morgan fingerprint density at radius 2 is 1.66 bits per heavy atom. The van der Waals surface area contributed by atoms with Gasteiger partial charge in [-0.25, -0.2) is 14.8 Å². The third-order valence-electron chi connectivity index (χ3n) is 4.27. The third-order valence-corrected chi connectivity index (χ3v) is 4.27. The van der Waals surface area contributed by atoms with E-state index in [1.807, 2.05) is 32.0 Å². The predicted octanol–water partition coefficient (Wildman–Crippen LogP) is 4.27. The lowest BCUT2D eigenvalue weighted by Crippen LogP contribution is -2.14. The smallest absolute Gasteiger partial charge is 0.338 e. The van der Waals surface area contributed by atoms with Gasteiger partial charge in [0, 0.05) is 11.4 Å². The summed E-state index contributed by atoms with van der Waals surface area (Å²) in [6.07, 6.45) is 2.93. The largest absolute Gasteiger partial charge is 0.462 e. The lowest BCUT2D eigenvalue weighted by Gasteiger charge is -2.12. The van der Waals surface area contributed by atoms with Gasteiger partial charge in [-0.15, -0.1) is 0 Å². The first-order valence-corrected chi connectivity index (χ1v) is 9.21. The van der Waals surface area contributed by atoms with Gasteiger partial charge in [-0.3, -0.25) is 4.79 Å². The molecule has 0 atom stereocenters. The molecule has 7 nitrogen and oxygen atoms in total. The molecule has 0 saturated carbocycles. The van der Waals surface area contributed by atoms with E-state index in [0.29, 0.717) is 23.7 Å². The molecule has 0 aliphatic heterocycles. The molecule has 0 unspecified atom stereocenters. The third kappa shape index (κ3) is 4.95. The van der Waals surface area contributed by atoms with Crippen LogP contribution in [-0.4, -0.2) is 28.5 Å². The van der Waals surface area contributed by atoms with Crippen LogP contribution in [0.1, 0.15) is 38.9 Å². The number of carbonyl (C=O) groups excluding carboxylic acids is 2. The first kappa shape index (κ1) is 20.0. The van der Waals surface area contributed by atoms with Crippen molar-refractivity contribution in [3.05, 3.63) is 77.2 Å². The van der Waals surface area contributed by atoms with Crippen LogP contribution in [0, 0.1) is 13.8 Å². The number of para-hydroxylation sites is 1. The quantitative estimate of drug-likeness (QED) is 0.611. The van der Waals surface area contributed by atoms with Crippen molar-refractivity contribution in [3.63, 3.8) is 0 Å². The summed E-state index contributed by atoms with van der Waals surface area (Å²) in [7, 11) is 0. The molecule has 0 aliphatic carbocycles. The molecule has 148 valence electrons. The van der Waals surface area contributed by atoms with Crippen molar-refractivity contribution >= 4 is 29.1 Å². The molecule has 0 fully saturated rings. The van der Waals surface area contributed by atoms with Crippen molar-refractivity contribution in [3.8, 4) is 0 Å². The molecular formula is C22H22N4O3. The maximum absolute atomic E-state index is 12.4. The zero-order chi connectivity index (χ0) is 20.8. The van der Waals surface area contributed by atoms with Crippen LogP contribution in [0.3, 0.4) is 0 Å². The Hall–Kier alpha value is -3.74. The average Bonchev–Trinajstić information content (AvgIpc) is 2.72. The maximum atomic E-state index is 12.4. The lowest BCUT2D eigenvalue weighted by molar-refractivity contribution is 0.0526. The van der Waals surface area contributed by atoms with E-state index in [2.05, 4.69) is 20.6 Å². The fourth-order valence-corrected chi connectivity index (χ4v) is 2.75. The maximum Gasteiger partial charge on any atom is 0.338 e. The topological polar surface area (TPSA) is 93.2 Å². The number of esters is 1. The van der Waals surface area contributed by atoms with E-state index < -0.39 is 5.97 Å². The molecular weight excluding hydrogens is 368 g/mol. The van der Waals surface area contributed by atoms with Crippen LogP contribution in [0.25, 0.3) is 0 Å². The predicted molar refractivity (Wildman–Crippen MR) is 112 cm³/mol. The number of nitrogens with one attached hydrogen (secondary N) is 2. The number of hydrogen-bond acceptors (Lipinski definition) is 6. The molecule has 1 aromatic heterocycles. The number of benzene rings is 2. The van der Waals surface area contributed by atoms with E-state index >= 15 is 0 Å². The van der Waals surface area contributed by atoms with Gasteiger partial charge in [-0.1, -0.05) is 18.2 Å². The molecule has 29 heavy (non-hydrogen) atoms. The van der Waals surface area contributed by atoms with Crippen molar-refractivity contribution in [2.24, 2.45) is 0 Å². The minimum absolute atomic E-state index is 0.187. The number of hydrogen-bond donors (Lipinski definition) is 2. The van der Waals surface area contributed by atoms with Gasteiger partial charge in [-0.05, 0) is 56.2 Å². The van der Waals surface area contributed by atoms with Crippen LogP contribution in [0.2, 0.25) is 0 Å². The van der Waals surface area contributed by atoms with Crippen molar-refractivity contribution in [2.75, 3.05) is 17.2 Å². The molecule has 0 saturated heterocycles. The zero-order valence-corrected chi connectivity index (χ0v) is 16.5. The highest BCUT2D eigenvalue weighted by atomic mass is 16.5. The van der Waals surface area contributed by atoms with E-state index in [4.69, 9.17) is 4.74 Å². The molecule has 3 aromatic rings. The van der Waals surface area contributed by atoms with Gasteiger partial charge >= 0.3 is 5.97 Å².